The molecule has 5 heteroatoms. The van der Waals surface area contributed by atoms with Crippen molar-refractivity contribution in [3.8, 4) is 0 Å². The molecule has 0 amide bonds. The molecule has 3 aromatic carbocycles. The van der Waals surface area contributed by atoms with Crippen molar-refractivity contribution in [2.24, 2.45) is 0 Å². The summed E-state index contributed by atoms with van der Waals surface area (Å²) in [7, 11) is 2.49. The summed E-state index contributed by atoms with van der Waals surface area (Å²) in [6, 6.07) is 28.3. The van der Waals surface area contributed by atoms with Gasteiger partial charge < -0.3 is 9.47 Å². The van der Waals surface area contributed by atoms with Crippen LogP contribution in [0.15, 0.2) is 90.5 Å². The minimum Gasteiger partial charge on any atom is -0.465 e. The van der Waals surface area contributed by atoms with Gasteiger partial charge >= 0.3 is 11.9 Å². The number of carbonyl (C=O) groups excluding carboxylic acids is 2. The summed E-state index contributed by atoms with van der Waals surface area (Å²) in [5.41, 5.74) is 4.04. The van der Waals surface area contributed by atoms with Gasteiger partial charge in [0.1, 0.15) is 5.57 Å². The van der Waals surface area contributed by atoms with E-state index in [1.54, 1.807) is 0 Å². The summed E-state index contributed by atoms with van der Waals surface area (Å²) in [6.07, 6.45) is 1.54. The second-order valence-electron chi connectivity index (χ2n) is 7.36. The van der Waals surface area contributed by atoms with E-state index in [9.17, 15) is 9.59 Å². The van der Waals surface area contributed by atoms with E-state index in [2.05, 4.69) is 29.2 Å². The Kier molecular flexibility index (Phi) is 8.35. The van der Waals surface area contributed by atoms with Gasteiger partial charge in [-0.3, -0.25) is 4.90 Å². The Morgan fingerprint density at radius 1 is 0.688 bits per heavy atom. The third-order valence-corrected chi connectivity index (χ3v) is 5.06. The molecule has 0 saturated heterocycles. The van der Waals surface area contributed by atoms with Gasteiger partial charge in [-0.05, 0) is 28.3 Å². The molecule has 0 N–H and O–H groups in total. The molecule has 3 rings (SSSR count). The number of benzene rings is 3. The summed E-state index contributed by atoms with van der Waals surface area (Å²) in [6.45, 7) is 2.15. The first-order valence-electron chi connectivity index (χ1n) is 10.4. The molecule has 0 aliphatic rings. The molecule has 164 valence electrons. The summed E-state index contributed by atoms with van der Waals surface area (Å²) in [5.74, 6) is -1.45. The van der Waals surface area contributed by atoms with Crippen molar-refractivity contribution >= 4 is 18.0 Å². The molecule has 0 unspecified atom stereocenters. The van der Waals surface area contributed by atoms with Crippen molar-refractivity contribution in [3.05, 3.63) is 113 Å². The van der Waals surface area contributed by atoms with Crippen molar-refractivity contribution in [2.45, 2.75) is 19.6 Å². The van der Waals surface area contributed by atoms with Gasteiger partial charge in [0.15, 0.2) is 0 Å². The van der Waals surface area contributed by atoms with Crippen molar-refractivity contribution in [1.82, 2.24) is 4.90 Å². The highest BCUT2D eigenvalue weighted by atomic mass is 16.5. The zero-order valence-electron chi connectivity index (χ0n) is 18.4. The molecule has 32 heavy (non-hydrogen) atoms. The lowest BCUT2D eigenvalue weighted by atomic mass is 10.0. The number of methoxy groups -OCH3 is 2. The van der Waals surface area contributed by atoms with Crippen LogP contribution in [0, 0.1) is 0 Å². The maximum absolute atomic E-state index is 12.1. The number of hydrogen-bond donors (Lipinski definition) is 0. The summed E-state index contributed by atoms with van der Waals surface area (Å²) >= 11 is 0. The molecule has 5 nitrogen and oxygen atoms in total. The molecule has 0 atom stereocenters. The molecule has 0 aromatic heterocycles. The second kappa shape index (κ2) is 11.6. The normalized spacial score (nSPS) is 10.5. The average Bonchev–Trinajstić information content (AvgIpc) is 2.83. The van der Waals surface area contributed by atoms with Crippen LogP contribution in [0.3, 0.4) is 0 Å². The van der Waals surface area contributed by atoms with Crippen LogP contribution in [0.25, 0.3) is 6.08 Å². The van der Waals surface area contributed by atoms with Crippen LogP contribution in [0.1, 0.15) is 22.3 Å². The molecular weight excluding hydrogens is 402 g/mol. The Morgan fingerprint density at radius 2 is 1.16 bits per heavy atom. The fraction of sp³-hybridized carbons (Fsp3) is 0.185. The van der Waals surface area contributed by atoms with Crippen LogP contribution in [-0.2, 0) is 38.7 Å². The Bertz CT molecular complexity index is 1000. The minimum absolute atomic E-state index is 0.139. The van der Waals surface area contributed by atoms with Gasteiger partial charge in [-0.25, -0.2) is 9.59 Å². The van der Waals surface area contributed by atoms with Gasteiger partial charge in [0.25, 0.3) is 0 Å². The van der Waals surface area contributed by atoms with E-state index >= 15 is 0 Å². The third kappa shape index (κ3) is 6.40. The standard InChI is InChI=1S/C27H27NO4/c1-31-26(29)25(27(30)32-2)17-23-15-9-10-16-24(23)20-28(18-21-11-5-3-6-12-21)19-22-13-7-4-8-14-22/h3-17H,18-20H2,1-2H3. The second-order valence-corrected chi connectivity index (χ2v) is 7.36. The maximum Gasteiger partial charge on any atom is 0.345 e. The topological polar surface area (TPSA) is 55.8 Å². The van der Waals surface area contributed by atoms with Crippen LogP contribution in [0.2, 0.25) is 0 Å². The molecule has 3 aromatic rings. The van der Waals surface area contributed by atoms with Gasteiger partial charge in [0.05, 0.1) is 14.2 Å². The number of esters is 2. The Labute approximate surface area is 188 Å². The fourth-order valence-electron chi connectivity index (χ4n) is 3.49. The van der Waals surface area contributed by atoms with Gasteiger partial charge in [-0.2, -0.15) is 0 Å². The zero-order chi connectivity index (χ0) is 22.8. The largest absolute Gasteiger partial charge is 0.465 e. The third-order valence-electron chi connectivity index (χ3n) is 5.06. The van der Waals surface area contributed by atoms with Crippen molar-refractivity contribution in [1.29, 1.82) is 0 Å². The predicted molar refractivity (Wildman–Crippen MR) is 124 cm³/mol. The van der Waals surface area contributed by atoms with Gasteiger partial charge in [-0.15, -0.1) is 0 Å². The molecule has 0 fully saturated rings. The smallest absolute Gasteiger partial charge is 0.345 e. The summed E-state index contributed by atoms with van der Waals surface area (Å²) in [4.78, 5) is 26.6. The lowest BCUT2D eigenvalue weighted by molar-refractivity contribution is -0.143. The number of ether oxygens (including phenoxy) is 2. The van der Waals surface area contributed by atoms with Crippen LogP contribution in [-0.4, -0.2) is 31.1 Å². The lowest BCUT2D eigenvalue weighted by Gasteiger charge is -2.24. The molecule has 0 saturated carbocycles. The van der Waals surface area contributed by atoms with E-state index in [1.165, 1.54) is 31.4 Å². The number of rotatable bonds is 9. The van der Waals surface area contributed by atoms with E-state index in [-0.39, 0.29) is 5.57 Å². The van der Waals surface area contributed by atoms with Crippen LogP contribution >= 0.6 is 0 Å². The first-order chi connectivity index (χ1) is 15.6. The Morgan fingerprint density at radius 3 is 1.66 bits per heavy atom. The molecule has 0 spiro atoms. The minimum atomic E-state index is -0.725. The van der Waals surface area contributed by atoms with Gasteiger partial charge in [-0.1, -0.05) is 84.9 Å². The highest BCUT2D eigenvalue weighted by Gasteiger charge is 2.20. The van der Waals surface area contributed by atoms with E-state index in [0.717, 1.165) is 24.2 Å². The van der Waals surface area contributed by atoms with Crippen LogP contribution in [0.5, 0.6) is 0 Å². The first kappa shape index (κ1) is 23.0. The molecular formula is C27H27NO4. The number of carbonyl (C=O) groups is 2. The highest BCUT2D eigenvalue weighted by molar-refractivity contribution is 6.17. The fourth-order valence-corrected chi connectivity index (χ4v) is 3.49. The molecule has 0 radical (unpaired) electrons. The van der Waals surface area contributed by atoms with Crippen molar-refractivity contribution < 1.29 is 19.1 Å². The predicted octanol–water partition coefficient (Wildman–Crippen LogP) is 4.62. The van der Waals surface area contributed by atoms with E-state index in [1.807, 2.05) is 60.7 Å². The maximum atomic E-state index is 12.1. The van der Waals surface area contributed by atoms with Gasteiger partial charge in [0, 0.05) is 19.6 Å². The monoisotopic (exact) mass is 429 g/mol. The summed E-state index contributed by atoms with van der Waals surface area (Å²) in [5, 5.41) is 0. The van der Waals surface area contributed by atoms with Crippen LogP contribution < -0.4 is 0 Å². The Hall–Kier alpha value is -3.70. The van der Waals surface area contributed by atoms with E-state index < -0.39 is 11.9 Å². The SMILES string of the molecule is COC(=O)C(=Cc1ccccc1CN(Cc1ccccc1)Cc1ccccc1)C(=O)OC. The lowest BCUT2D eigenvalue weighted by Crippen LogP contribution is -2.23. The quantitative estimate of drug-likeness (QED) is 0.215. The van der Waals surface area contributed by atoms with E-state index in [0.29, 0.717) is 6.54 Å². The Balaban J connectivity index is 1.93. The van der Waals surface area contributed by atoms with Gasteiger partial charge in [0.2, 0.25) is 0 Å². The number of hydrogen-bond acceptors (Lipinski definition) is 5. The van der Waals surface area contributed by atoms with Crippen molar-refractivity contribution in [2.75, 3.05) is 14.2 Å². The van der Waals surface area contributed by atoms with Crippen molar-refractivity contribution in [3.63, 3.8) is 0 Å². The molecule has 0 aliphatic carbocycles. The number of nitrogens with zero attached hydrogens (tertiary/aromatic N) is 1. The molecule has 0 aliphatic heterocycles. The van der Waals surface area contributed by atoms with Crippen LogP contribution in [0.4, 0.5) is 0 Å². The summed E-state index contributed by atoms with van der Waals surface area (Å²) < 4.78 is 9.54. The van der Waals surface area contributed by atoms with E-state index in [4.69, 9.17) is 9.47 Å². The molecule has 0 bridgehead atoms. The highest BCUT2D eigenvalue weighted by Crippen LogP contribution is 2.20. The molecule has 0 heterocycles. The first-order valence-corrected chi connectivity index (χ1v) is 10.4. The zero-order valence-corrected chi connectivity index (χ0v) is 18.4. The average molecular weight is 430 g/mol.